The molecule has 76 valence electrons. The number of primary amides is 1. The Bertz CT molecular complexity index is 313. The van der Waals surface area contributed by atoms with Crippen LogP contribution in [0.25, 0.3) is 0 Å². The van der Waals surface area contributed by atoms with Gasteiger partial charge in [-0.15, -0.1) is 0 Å². The molecule has 0 saturated carbocycles. The Kier molecular flexibility index (Phi) is 3.41. The van der Waals surface area contributed by atoms with E-state index in [1.54, 1.807) is 0 Å². The molecule has 5 heteroatoms. The van der Waals surface area contributed by atoms with Crippen LogP contribution in [0.4, 0.5) is 14.9 Å². The molecule has 1 aromatic rings. The summed E-state index contributed by atoms with van der Waals surface area (Å²) in [5.74, 6) is -0.387. The molecule has 0 aliphatic heterocycles. The largest absolute Gasteiger partial charge is 0.395 e. The number of urea groups is 1. The molecule has 0 spiro atoms. The number of benzene rings is 1. The first-order valence-corrected chi connectivity index (χ1v) is 4.08. The highest BCUT2D eigenvalue weighted by molar-refractivity contribution is 5.90. The van der Waals surface area contributed by atoms with Crippen molar-refractivity contribution in [2.75, 3.05) is 18.1 Å². The lowest BCUT2D eigenvalue weighted by molar-refractivity contribution is 0.249. The summed E-state index contributed by atoms with van der Waals surface area (Å²) >= 11 is 0. The molecule has 0 unspecified atom stereocenters. The van der Waals surface area contributed by atoms with Crippen molar-refractivity contribution in [3.63, 3.8) is 0 Å². The van der Waals surface area contributed by atoms with Gasteiger partial charge in [0.25, 0.3) is 0 Å². The predicted molar refractivity (Wildman–Crippen MR) is 50.4 cm³/mol. The summed E-state index contributed by atoms with van der Waals surface area (Å²) < 4.78 is 12.6. The van der Waals surface area contributed by atoms with Crippen molar-refractivity contribution in [2.45, 2.75) is 0 Å². The number of halogens is 1. The van der Waals surface area contributed by atoms with Gasteiger partial charge < -0.3 is 10.8 Å². The van der Waals surface area contributed by atoms with Gasteiger partial charge in [-0.1, -0.05) is 0 Å². The SMILES string of the molecule is NC(=O)N(CCO)c1ccc(F)cc1. The normalized spacial score (nSPS) is 9.86. The van der Waals surface area contributed by atoms with E-state index in [2.05, 4.69) is 0 Å². The summed E-state index contributed by atoms with van der Waals surface area (Å²) in [6.45, 7) is -0.0960. The van der Waals surface area contributed by atoms with Crippen molar-refractivity contribution in [3.05, 3.63) is 30.1 Å². The van der Waals surface area contributed by atoms with Crippen LogP contribution in [0.3, 0.4) is 0 Å². The van der Waals surface area contributed by atoms with E-state index >= 15 is 0 Å². The van der Waals surface area contributed by atoms with Gasteiger partial charge in [0, 0.05) is 5.69 Å². The maximum atomic E-state index is 12.6. The van der Waals surface area contributed by atoms with Crippen LogP contribution >= 0.6 is 0 Å². The van der Waals surface area contributed by atoms with Crippen molar-refractivity contribution in [2.24, 2.45) is 5.73 Å². The van der Waals surface area contributed by atoms with Gasteiger partial charge in [0.15, 0.2) is 0 Å². The Hall–Kier alpha value is -1.62. The highest BCUT2D eigenvalue weighted by Gasteiger charge is 2.10. The van der Waals surface area contributed by atoms with E-state index in [1.165, 1.54) is 29.2 Å². The van der Waals surface area contributed by atoms with Crippen molar-refractivity contribution >= 4 is 11.7 Å². The van der Waals surface area contributed by atoms with Gasteiger partial charge in [-0.25, -0.2) is 9.18 Å². The number of aliphatic hydroxyl groups excluding tert-OH is 1. The molecular weight excluding hydrogens is 187 g/mol. The first kappa shape index (κ1) is 10.5. The Labute approximate surface area is 80.7 Å². The first-order chi connectivity index (χ1) is 6.65. The van der Waals surface area contributed by atoms with E-state index in [1.807, 2.05) is 0 Å². The van der Waals surface area contributed by atoms with Gasteiger partial charge >= 0.3 is 6.03 Å². The number of rotatable bonds is 3. The second kappa shape index (κ2) is 4.57. The predicted octanol–water partition coefficient (Wildman–Crippen LogP) is 0.703. The lowest BCUT2D eigenvalue weighted by Crippen LogP contribution is -2.37. The van der Waals surface area contributed by atoms with E-state index in [4.69, 9.17) is 10.8 Å². The molecule has 0 aromatic heterocycles. The second-order valence-corrected chi connectivity index (χ2v) is 2.69. The van der Waals surface area contributed by atoms with E-state index < -0.39 is 6.03 Å². The van der Waals surface area contributed by atoms with Crippen molar-refractivity contribution in [1.82, 2.24) is 0 Å². The molecule has 0 heterocycles. The highest BCUT2D eigenvalue weighted by Crippen LogP contribution is 2.13. The number of anilines is 1. The third-order valence-corrected chi connectivity index (χ3v) is 1.73. The fraction of sp³-hybridized carbons (Fsp3) is 0.222. The van der Waals surface area contributed by atoms with Crippen LogP contribution < -0.4 is 10.6 Å². The van der Waals surface area contributed by atoms with Crippen LogP contribution in [-0.4, -0.2) is 24.3 Å². The fourth-order valence-electron chi connectivity index (χ4n) is 1.09. The van der Waals surface area contributed by atoms with Gasteiger partial charge in [-0.05, 0) is 24.3 Å². The fourth-order valence-corrected chi connectivity index (χ4v) is 1.09. The van der Waals surface area contributed by atoms with Crippen LogP contribution in [0.15, 0.2) is 24.3 Å². The number of aliphatic hydroxyl groups is 1. The molecular formula is C9H11FN2O2. The monoisotopic (exact) mass is 198 g/mol. The first-order valence-electron chi connectivity index (χ1n) is 4.08. The van der Waals surface area contributed by atoms with Crippen LogP contribution in [0.1, 0.15) is 0 Å². The Morgan fingerprint density at radius 3 is 2.43 bits per heavy atom. The molecule has 0 bridgehead atoms. The van der Waals surface area contributed by atoms with Gasteiger partial charge in [0.1, 0.15) is 5.82 Å². The molecule has 0 aliphatic rings. The zero-order chi connectivity index (χ0) is 10.6. The molecule has 14 heavy (non-hydrogen) atoms. The summed E-state index contributed by atoms with van der Waals surface area (Å²) in [6, 6.07) is 4.63. The van der Waals surface area contributed by atoms with Gasteiger partial charge in [-0.2, -0.15) is 0 Å². The summed E-state index contributed by atoms with van der Waals surface area (Å²) in [5, 5.41) is 8.68. The van der Waals surface area contributed by atoms with Gasteiger partial charge in [0.05, 0.1) is 13.2 Å². The molecule has 0 aliphatic carbocycles. The second-order valence-electron chi connectivity index (χ2n) is 2.69. The average molecular weight is 198 g/mol. The molecule has 1 aromatic carbocycles. The molecule has 0 radical (unpaired) electrons. The van der Waals surface area contributed by atoms with Crippen LogP contribution in [0, 0.1) is 5.82 Å². The number of carbonyl (C=O) groups excluding carboxylic acids is 1. The quantitative estimate of drug-likeness (QED) is 0.750. The average Bonchev–Trinajstić information content (AvgIpc) is 2.15. The minimum absolute atomic E-state index is 0.0982. The number of hydrogen-bond donors (Lipinski definition) is 2. The number of nitrogens with two attached hydrogens (primary N) is 1. The van der Waals surface area contributed by atoms with Crippen LogP contribution in [-0.2, 0) is 0 Å². The van der Waals surface area contributed by atoms with E-state index in [9.17, 15) is 9.18 Å². The molecule has 3 N–H and O–H groups in total. The maximum absolute atomic E-state index is 12.6. The van der Waals surface area contributed by atoms with E-state index in [-0.39, 0.29) is 19.0 Å². The zero-order valence-electron chi connectivity index (χ0n) is 7.48. The van der Waals surface area contributed by atoms with Crippen LogP contribution in [0.5, 0.6) is 0 Å². The minimum atomic E-state index is -0.675. The van der Waals surface area contributed by atoms with Crippen molar-refractivity contribution in [3.8, 4) is 0 Å². The van der Waals surface area contributed by atoms with E-state index in [0.29, 0.717) is 5.69 Å². The van der Waals surface area contributed by atoms with Crippen LogP contribution in [0.2, 0.25) is 0 Å². The molecule has 0 fully saturated rings. The standard InChI is InChI=1S/C9H11FN2O2/c10-7-1-3-8(4-2-7)12(5-6-13)9(11)14/h1-4,13H,5-6H2,(H2,11,14). The van der Waals surface area contributed by atoms with E-state index in [0.717, 1.165) is 0 Å². The molecule has 1 rings (SSSR count). The Balaban J connectivity index is 2.87. The number of amides is 2. The maximum Gasteiger partial charge on any atom is 0.319 e. The molecule has 2 amide bonds. The summed E-state index contributed by atoms with van der Waals surface area (Å²) in [4.78, 5) is 12.1. The third kappa shape index (κ3) is 2.43. The van der Waals surface area contributed by atoms with Crippen molar-refractivity contribution < 1.29 is 14.3 Å². The molecule has 0 saturated heterocycles. The number of hydrogen-bond acceptors (Lipinski definition) is 2. The molecule has 4 nitrogen and oxygen atoms in total. The van der Waals surface area contributed by atoms with Gasteiger partial charge in [-0.3, -0.25) is 4.90 Å². The number of nitrogens with zero attached hydrogens (tertiary/aromatic N) is 1. The highest BCUT2D eigenvalue weighted by atomic mass is 19.1. The van der Waals surface area contributed by atoms with Crippen molar-refractivity contribution in [1.29, 1.82) is 0 Å². The lowest BCUT2D eigenvalue weighted by Gasteiger charge is -2.18. The summed E-state index contributed by atoms with van der Waals surface area (Å²) in [5.41, 5.74) is 5.54. The smallest absolute Gasteiger partial charge is 0.319 e. The third-order valence-electron chi connectivity index (χ3n) is 1.73. The topological polar surface area (TPSA) is 66.6 Å². The molecule has 0 atom stereocenters. The minimum Gasteiger partial charge on any atom is -0.395 e. The lowest BCUT2D eigenvalue weighted by atomic mass is 10.3. The number of carbonyl (C=O) groups is 1. The Morgan fingerprint density at radius 2 is 2.00 bits per heavy atom. The Morgan fingerprint density at radius 1 is 1.43 bits per heavy atom. The summed E-state index contributed by atoms with van der Waals surface area (Å²) in [7, 11) is 0. The van der Waals surface area contributed by atoms with Gasteiger partial charge in [0.2, 0.25) is 0 Å². The summed E-state index contributed by atoms with van der Waals surface area (Å²) in [6.07, 6.45) is 0. The zero-order valence-corrected chi connectivity index (χ0v) is 7.48.